The number of ether oxygens (including phenoxy) is 1. The molecule has 0 fully saturated rings. The van der Waals surface area contributed by atoms with Gasteiger partial charge in [-0.1, -0.05) is 26.0 Å². The van der Waals surface area contributed by atoms with Crippen molar-refractivity contribution in [2.24, 2.45) is 0 Å². The van der Waals surface area contributed by atoms with E-state index in [2.05, 4.69) is 27.0 Å². The first-order valence-corrected chi connectivity index (χ1v) is 13.5. The number of fused-ring (bicyclic) bond motifs is 1. The first-order chi connectivity index (χ1) is 20.4. The summed E-state index contributed by atoms with van der Waals surface area (Å²) in [6.45, 7) is 7.21. The first-order valence-electron chi connectivity index (χ1n) is 13.5. The molecule has 0 aliphatic heterocycles. The number of carboxylic acid groups (broad SMARTS) is 1. The normalized spacial score (nSPS) is 10.1. The molecule has 0 radical (unpaired) electrons. The molecule has 4 rings (SSSR count). The number of carboxylic acids is 1. The number of nitrogens with zero attached hydrogens (tertiary/aromatic N) is 2. The van der Waals surface area contributed by atoms with Crippen LogP contribution >= 0.6 is 0 Å². The summed E-state index contributed by atoms with van der Waals surface area (Å²) in [6.07, 6.45) is 5.30. The van der Waals surface area contributed by atoms with Crippen LogP contribution in [0.5, 0.6) is 11.5 Å². The van der Waals surface area contributed by atoms with Crippen LogP contribution in [0.25, 0.3) is 17.0 Å². The Morgan fingerprint density at radius 3 is 2.52 bits per heavy atom. The molecule has 10 nitrogen and oxygen atoms in total. The number of carbonyl (C=O) groups is 2. The van der Waals surface area contributed by atoms with Gasteiger partial charge < -0.3 is 35.0 Å². The first kappa shape index (κ1) is 33.1. The van der Waals surface area contributed by atoms with Crippen LogP contribution in [0.3, 0.4) is 0 Å². The number of para-hydroxylation sites is 1. The average Bonchev–Trinajstić information content (AvgIpc) is 3.34. The van der Waals surface area contributed by atoms with E-state index in [1.54, 1.807) is 43.6 Å². The largest absolute Gasteiger partial charge is 0.478 e. The maximum absolute atomic E-state index is 10.4. The van der Waals surface area contributed by atoms with Crippen LogP contribution in [0, 0.1) is 18.3 Å². The van der Waals surface area contributed by atoms with Gasteiger partial charge in [0.15, 0.2) is 11.3 Å². The Hall–Kier alpha value is -5.14. The quantitative estimate of drug-likeness (QED) is 0.0908. The second-order valence-corrected chi connectivity index (χ2v) is 8.51. The van der Waals surface area contributed by atoms with E-state index < -0.39 is 5.97 Å². The van der Waals surface area contributed by atoms with Crippen LogP contribution in [-0.4, -0.2) is 43.0 Å². The summed E-state index contributed by atoms with van der Waals surface area (Å²) in [4.78, 5) is 24.8. The molecule has 220 valence electrons. The van der Waals surface area contributed by atoms with Gasteiger partial charge in [0.1, 0.15) is 23.6 Å². The van der Waals surface area contributed by atoms with Crippen molar-refractivity contribution >= 4 is 40.8 Å². The van der Waals surface area contributed by atoms with E-state index in [4.69, 9.17) is 19.5 Å². The highest BCUT2D eigenvalue weighted by molar-refractivity contribution is 5.87. The predicted octanol–water partition coefficient (Wildman–Crippen LogP) is 6.37. The van der Waals surface area contributed by atoms with E-state index in [0.717, 1.165) is 46.9 Å². The molecule has 4 aromatic rings. The van der Waals surface area contributed by atoms with Crippen LogP contribution in [0.1, 0.15) is 42.7 Å². The number of nitrogens with one attached hydrogen (secondary N) is 3. The van der Waals surface area contributed by atoms with Crippen LogP contribution < -0.4 is 20.7 Å². The van der Waals surface area contributed by atoms with Gasteiger partial charge in [0.05, 0.1) is 17.3 Å². The maximum Gasteiger partial charge on any atom is 0.328 e. The number of aliphatic carboxylic acids is 1. The van der Waals surface area contributed by atoms with Crippen molar-refractivity contribution in [1.29, 1.82) is 5.26 Å². The van der Waals surface area contributed by atoms with E-state index in [-0.39, 0.29) is 0 Å². The molecule has 0 saturated heterocycles. The molecule has 10 heteroatoms. The summed E-state index contributed by atoms with van der Waals surface area (Å²) in [5.74, 6) is 1.88. The molecule has 42 heavy (non-hydrogen) atoms. The summed E-state index contributed by atoms with van der Waals surface area (Å²) in [6, 6.07) is 16.7. The number of hydrogen-bond acceptors (Lipinski definition) is 9. The Morgan fingerprint density at radius 1 is 1.17 bits per heavy atom. The Kier molecular flexibility index (Phi) is 13.8. The smallest absolute Gasteiger partial charge is 0.328 e. The highest BCUT2D eigenvalue weighted by atomic mass is 16.5. The number of pyridine rings is 1. The number of nitriles is 1. The Balaban J connectivity index is 0.000000283. The Bertz CT molecular complexity index is 1520. The highest BCUT2D eigenvalue weighted by Crippen LogP contribution is 2.35. The fourth-order valence-electron chi connectivity index (χ4n) is 3.80. The topological polar surface area (TPSA) is 150 Å². The lowest BCUT2D eigenvalue weighted by Crippen LogP contribution is -2.06. The number of aromatic nitrogens is 1. The Labute approximate surface area is 246 Å². The molecule has 2 aromatic carbocycles. The van der Waals surface area contributed by atoms with Crippen LogP contribution in [0.15, 0.2) is 65.2 Å². The van der Waals surface area contributed by atoms with Gasteiger partial charge in [0, 0.05) is 49.8 Å². The van der Waals surface area contributed by atoms with Crippen molar-refractivity contribution in [3.05, 3.63) is 83.3 Å². The molecular weight excluding hydrogens is 534 g/mol. The van der Waals surface area contributed by atoms with E-state index in [1.165, 1.54) is 6.08 Å². The number of aldehydes is 1. The van der Waals surface area contributed by atoms with Crippen molar-refractivity contribution in [2.75, 3.05) is 31.3 Å². The molecule has 0 amide bonds. The highest BCUT2D eigenvalue weighted by Gasteiger charge is 2.14. The van der Waals surface area contributed by atoms with Gasteiger partial charge in [-0.05, 0) is 62.0 Å². The zero-order chi connectivity index (χ0) is 30.9. The molecule has 0 unspecified atom stereocenters. The molecule has 0 bridgehead atoms. The van der Waals surface area contributed by atoms with E-state index in [0.29, 0.717) is 41.4 Å². The number of benzene rings is 2. The van der Waals surface area contributed by atoms with E-state index in [1.807, 2.05) is 46.0 Å². The average molecular weight is 572 g/mol. The van der Waals surface area contributed by atoms with Crippen molar-refractivity contribution < 1.29 is 23.8 Å². The van der Waals surface area contributed by atoms with E-state index >= 15 is 0 Å². The number of rotatable bonds is 11. The lowest BCUT2D eigenvalue weighted by Gasteiger charge is -2.10. The summed E-state index contributed by atoms with van der Waals surface area (Å²) in [7, 11) is 3.65. The molecule has 0 aliphatic carbocycles. The maximum atomic E-state index is 10.4. The van der Waals surface area contributed by atoms with Crippen molar-refractivity contribution in [2.45, 2.75) is 33.7 Å². The third-order valence-corrected chi connectivity index (χ3v) is 5.69. The minimum Gasteiger partial charge on any atom is -0.478 e. The number of anilines is 2. The zero-order valence-electron chi connectivity index (χ0n) is 24.5. The molecule has 0 spiro atoms. The van der Waals surface area contributed by atoms with Crippen molar-refractivity contribution in [3.8, 4) is 17.6 Å². The molecular formula is C32H37N5O5. The molecule has 0 saturated carbocycles. The molecule has 2 aromatic heterocycles. The number of hydrogen-bond donors (Lipinski definition) is 4. The lowest BCUT2D eigenvalue weighted by atomic mass is 10.1. The summed E-state index contributed by atoms with van der Waals surface area (Å²) < 4.78 is 11.8. The summed E-state index contributed by atoms with van der Waals surface area (Å²) in [5.41, 5.74) is 3.89. The Morgan fingerprint density at radius 2 is 1.90 bits per heavy atom. The van der Waals surface area contributed by atoms with Crippen LogP contribution in [0.2, 0.25) is 0 Å². The zero-order valence-corrected chi connectivity index (χ0v) is 24.5. The molecule has 4 N–H and O–H groups in total. The standard InChI is InChI=1S/C18H16N2O2.C12H15N3O3.C2H6/c1-12-16(11-20-2)15-4-3-5-17(18(15)21-12)22-14-8-6-13(10-19)7-9-14;1-13-12-10(14-5-2-6-16)7-9(8-15-12)3-4-11(17)18;1-2/h3-9,20H,11H2,1-2H3;3-4,6-8,14H,2,5H2,1H3,(H,13,15)(H,17,18);1-2H3/b;4-3+;. The van der Waals surface area contributed by atoms with Gasteiger partial charge >= 0.3 is 5.97 Å². The fourth-order valence-corrected chi connectivity index (χ4v) is 3.80. The predicted molar refractivity (Wildman–Crippen MR) is 166 cm³/mol. The van der Waals surface area contributed by atoms with Gasteiger partial charge in [-0.3, -0.25) is 0 Å². The third-order valence-electron chi connectivity index (χ3n) is 5.69. The van der Waals surface area contributed by atoms with Gasteiger partial charge in [-0.25, -0.2) is 9.78 Å². The second kappa shape index (κ2) is 17.5. The third kappa shape index (κ3) is 9.50. The lowest BCUT2D eigenvalue weighted by molar-refractivity contribution is -0.131. The van der Waals surface area contributed by atoms with Crippen LogP contribution in [0.4, 0.5) is 11.5 Å². The second-order valence-electron chi connectivity index (χ2n) is 8.51. The van der Waals surface area contributed by atoms with Crippen LogP contribution in [-0.2, 0) is 16.1 Å². The molecule has 0 atom stereocenters. The van der Waals surface area contributed by atoms with Crippen molar-refractivity contribution in [3.63, 3.8) is 0 Å². The fraction of sp³-hybridized carbons (Fsp3) is 0.250. The van der Waals surface area contributed by atoms with Gasteiger partial charge in [-0.2, -0.15) is 5.26 Å². The van der Waals surface area contributed by atoms with Crippen molar-refractivity contribution in [1.82, 2.24) is 10.3 Å². The SMILES string of the molecule is CC.CNCc1c(C)oc2c(Oc3ccc(C#N)cc3)cccc12.CNc1ncc(/C=C/C(=O)O)cc1NCCC=O. The van der Waals surface area contributed by atoms with Gasteiger partial charge in [0.25, 0.3) is 0 Å². The summed E-state index contributed by atoms with van der Waals surface area (Å²) >= 11 is 0. The summed E-state index contributed by atoms with van der Waals surface area (Å²) in [5, 5.41) is 27.6. The minimum absolute atomic E-state index is 0.401. The van der Waals surface area contributed by atoms with Gasteiger partial charge in [-0.15, -0.1) is 0 Å². The number of furan rings is 1. The monoisotopic (exact) mass is 571 g/mol. The number of aryl methyl sites for hydroxylation is 1. The van der Waals surface area contributed by atoms with Gasteiger partial charge in [0.2, 0.25) is 0 Å². The minimum atomic E-state index is -1.01. The molecule has 2 heterocycles. The van der Waals surface area contributed by atoms with E-state index in [9.17, 15) is 9.59 Å². The molecule has 0 aliphatic rings. The number of carbonyl (C=O) groups excluding carboxylic acids is 1.